The van der Waals surface area contributed by atoms with Crippen LogP contribution in [0.3, 0.4) is 0 Å². The number of rotatable bonds is 5. The van der Waals surface area contributed by atoms with Gasteiger partial charge in [-0.15, -0.1) is 0 Å². The number of carbonyl (C=O) groups is 3. The van der Waals surface area contributed by atoms with E-state index in [-0.39, 0.29) is 11.3 Å². The Balaban J connectivity index is 2.00. The second-order valence-electron chi connectivity index (χ2n) is 5.63. The van der Waals surface area contributed by atoms with E-state index >= 15 is 0 Å². The molecule has 27 heavy (non-hydrogen) atoms. The van der Waals surface area contributed by atoms with E-state index < -0.39 is 17.8 Å². The van der Waals surface area contributed by atoms with Crippen molar-refractivity contribution < 1.29 is 23.9 Å². The number of amides is 4. The molecule has 1 N–H and O–H groups in total. The Morgan fingerprint density at radius 3 is 2.41 bits per heavy atom. The quantitative estimate of drug-likeness (QED) is 0.650. The van der Waals surface area contributed by atoms with Crippen LogP contribution in [-0.4, -0.2) is 31.6 Å². The molecule has 0 saturated carbocycles. The van der Waals surface area contributed by atoms with Gasteiger partial charge in [-0.3, -0.25) is 14.9 Å². The number of hydrogen-bond acceptors (Lipinski definition) is 5. The van der Waals surface area contributed by atoms with Gasteiger partial charge in [0.2, 0.25) is 0 Å². The number of nitrogens with one attached hydrogen (secondary N) is 1. The molecule has 0 radical (unpaired) electrons. The van der Waals surface area contributed by atoms with Crippen LogP contribution in [0.4, 0.5) is 10.5 Å². The molecule has 1 heterocycles. The maximum Gasteiger partial charge on any atom is 0.336 e. The third kappa shape index (κ3) is 3.67. The third-order valence-electron chi connectivity index (χ3n) is 3.93. The average Bonchev–Trinajstić information content (AvgIpc) is 2.67. The van der Waals surface area contributed by atoms with Crippen molar-refractivity contribution in [1.82, 2.24) is 5.32 Å². The topological polar surface area (TPSA) is 84.9 Å². The number of ether oxygens (including phenoxy) is 2. The molecule has 0 atom stereocenters. The molecule has 0 unspecified atom stereocenters. The van der Waals surface area contributed by atoms with Gasteiger partial charge in [-0.25, -0.2) is 9.69 Å². The van der Waals surface area contributed by atoms with Gasteiger partial charge in [0.15, 0.2) is 0 Å². The predicted molar refractivity (Wildman–Crippen MR) is 99.6 cm³/mol. The Labute approximate surface area is 156 Å². The summed E-state index contributed by atoms with van der Waals surface area (Å²) < 4.78 is 10.6. The lowest BCUT2D eigenvalue weighted by atomic mass is 10.1. The first-order chi connectivity index (χ1) is 13.0. The fraction of sp³-hybridized carbons (Fsp3) is 0.150. The number of imide groups is 2. The summed E-state index contributed by atoms with van der Waals surface area (Å²) in [5.41, 5.74) is 0.753. The van der Waals surface area contributed by atoms with Crippen LogP contribution in [0.5, 0.6) is 11.5 Å². The second-order valence-corrected chi connectivity index (χ2v) is 5.63. The average molecular weight is 366 g/mol. The van der Waals surface area contributed by atoms with Crippen LogP contribution in [0.25, 0.3) is 6.08 Å². The molecule has 7 nitrogen and oxygen atoms in total. The highest BCUT2D eigenvalue weighted by molar-refractivity contribution is 6.39. The van der Waals surface area contributed by atoms with Gasteiger partial charge < -0.3 is 9.47 Å². The lowest BCUT2D eigenvalue weighted by Gasteiger charge is -2.27. The first kappa shape index (κ1) is 18.2. The maximum atomic E-state index is 12.9. The molecule has 3 rings (SSSR count). The molecule has 1 saturated heterocycles. The molecule has 1 aliphatic heterocycles. The molecule has 0 bridgehead atoms. The van der Waals surface area contributed by atoms with Gasteiger partial charge >= 0.3 is 6.03 Å². The van der Waals surface area contributed by atoms with Crippen LogP contribution >= 0.6 is 0 Å². The van der Waals surface area contributed by atoms with Crippen LogP contribution in [0, 0.1) is 0 Å². The summed E-state index contributed by atoms with van der Waals surface area (Å²) in [4.78, 5) is 38.4. The first-order valence-electron chi connectivity index (χ1n) is 8.32. The predicted octanol–water partition coefficient (Wildman–Crippen LogP) is 2.76. The highest BCUT2D eigenvalue weighted by Gasteiger charge is 2.38. The van der Waals surface area contributed by atoms with E-state index in [0.29, 0.717) is 23.7 Å². The van der Waals surface area contributed by atoms with Gasteiger partial charge in [-0.1, -0.05) is 24.3 Å². The largest absolute Gasteiger partial charge is 0.497 e. The van der Waals surface area contributed by atoms with Crippen molar-refractivity contribution in [2.24, 2.45) is 0 Å². The van der Waals surface area contributed by atoms with Crippen molar-refractivity contribution in [2.75, 3.05) is 18.6 Å². The van der Waals surface area contributed by atoms with Crippen molar-refractivity contribution >= 4 is 29.6 Å². The summed E-state index contributed by atoms with van der Waals surface area (Å²) in [7, 11) is 1.55. The maximum absolute atomic E-state index is 12.9. The van der Waals surface area contributed by atoms with E-state index in [0.717, 1.165) is 4.90 Å². The monoisotopic (exact) mass is 366 g/mol. The molecule has 1 aliphatic rings. The van der Waals surface area contributed by atoms with Crippen molar-refractivity contribution in [3.05, 3.63) is 59.7 Å². The van der Waals surface area contributed by atoms with Crippen LogP contribution in [0.1, 0.15) is 12.5 Å². The summed E-state index contributed by atoms with van der Waals surface area (Å²) in [5, 5.41) is 2.20. The minimum atomic E-state index is -0.816. The van der Waals surface area contributed by atoms with Crippen molar-refractivity contribution in [2.45, 2.75) is 6.92 Å². The molecule has 0 aliphatic carbocycles. The molecular weight excluding hydrogens is 348 g/mol. The fourth-order valence-electron chi connectivity index (χ4n) is 2.66. The Morgan fingerprint density at radius 1 is 1.04 bits per heavy atom. The Kier molecular flexibility index (Phi) is 5.21. The van der Waals surface area contributed by atoms with Crippen LogP contribution in [0.15, 0.2) is 54.1 Å². The second kappa shape index (κ2) is 7.74. The standard InChI is InChI=1S/C20H18N2O5/c1-3-27-17-7-5-4-6-16(17)22-19(24)15(18(23)21-20(22)25)12-13-8-10-14(26-2)11-9-13/h4-12H,3H2,1-2H3,(H,21,23,25). The highest BCUT2D eigenvalue weighted by Crippen LogP contribution is 2.31. The number of para-hydroxylation sites is 2. The van der Waals surface area contributed by atoms with Crippen molar-refractivity contribution in [3.8, 4) is 11.5 Å². The normalized spacial score (nSPS) is 15.7. The van der Waals surface area contributed by atoms with Crippen LogP contribution in [0.2, 0.25) is 0 Å². The molecule has 2 aromatic carbocycles. The number of barbiturate groups is 1. The molecule has 138 valence electrons. The van der Waals surface area contributed by atoms with Crippen molar-refractivity contribution in [3.63, 3.8) is 0 Å². The van der Waals surface area contributed by atoms with Crippen LogP contribution in [-0.2, 0) is 9.59 Å². The van der Waals surface area contributed by atoms with E-state index in [9.17, 15) is 14.4 Å². The van der Waals surface area contributed by atoms with Gasteiger partial charge in [0.05, 0.1) is 19.4 Å². The van der Waals surface area contributed by atoms with E-state index in [1.165, 1.54) is 6.08 Å². The van der Waals surface area contributed by atoms with E-state index in [1.807, 2.05) is 0 Å². The van der Waals surface area contributed by atoms with Crippen LogP contribution < -0.4 is 19.7 Å². The number of benzene rings is 2. The number of hydrogen-bond donors (Lipinski definition) is 1. The summed E-state index contributed by atoms with van der Waals surface area (Å²) >= 11 is 0. The lowest BCUT2D eigenvalue weighted by Crippen LogP contribution is -2.54. The molecule has 0 aromatic heterocycles. The molecule has 7 heteroatoms. The van der Waals surface area contributed by atoms with Gasteiger partial charge in [-0.05, 0) is 42.8 Å². The first-order valence-corrected chi connectivity index (χ1v) is 8.32. The number of urea groups is 1. The summed E-state index contributed by atoms with van der Waals surface area (Å²) in [5.74, 6) is -0.432. The Bertz CT molecular complexity index is 918. The molecule has 4 amide bonds. The summed E-state index contributed by atoms with van der Waals surface area (Å²) in [6, 6.07) is 12.7. The van der Waals surface area contributed by atoms with Crippen molar-refractivity contribution in [1.29, 1.82) is 0 Å². The zero-order valence-corrected chi connectivity index (χ0v) is 14.9. The number of carbonyl (C=O) groups excluding carboxylic acids is 3. The fourth-order valence-corrected chi connectivity index (χ4v) is 2.66. The zero-order valence-electron chi connectivity index (χ0n) is 14.9. The number of nitrogens with zero attached hydrogens (tertiary/aromatic N) is 1. The minimum Gasteiger partial charge on any atom is -0.497 e. The SMILES string of the molecule is CCOc1ccccc1N1C(=O)NC(=O)C(=Cc2ccc(OC)cc2)C1=O. The number of methoxy groups -OCH3 is 1. The number of anilines is 1. The Morgan fingerprint density at radius 2 is 1.74 bits per heavy atom. The Hall–Kier alpha value is -3.61. The third-order valence-corrected chi connectivity index (χ3v) is 3.93. The zero-order chi connectivity index (χ0) is 19.4. The summed E-state index contributed by atoms with van der Waals surface area (Å²) in [6.45, 7) is 2.17. The van der Waals surface area contributed by atoms with Gasteiger partial charge in [0.1, 0.15) is 17.1 Å². The van der Waals surface area contributed by atoms with Gasteiger partial charge in [0, 0.05) is 0 Å². The lowest BCUT2D eigenvalue weighted by molar-refractivity contribution is -0.122. The molecular formula is C20H18N2O5. The van der Waals surface area contributed by atoms with E-state index in [2.05, 4.69) is 5.32 Å². The minimum absolute atomic E-state index is 0.147. The summed E-state index contributed by atoms with van der Waals surface area (Å²) in [6.07, 6.45) is 1.43. The van der Waals surface area contributed by atoms with Gasteiger partial charge in [-0.2, -0.15) is 0 Å². The van der Waals surface area contributed by atoms with E-state index in [4.69, 9.17) is 9.47 Å². The molecule has 1 fully saturated rings. The highest BCUT2D eigenvalue weighted by atomic mass is 16.5. The molecule has 0 spiro atoms. The molecule has 2 aromatic rings. The van der Waals surface area contributed by atoms with E-state index in [1.54, 1.807) is 62.6 Å². The smallest absolute Gasteiger partial charge is 0.336 e. The van der Waals surface area contributed by atoms with Gasteiger partial charge in [0.25, 0.3) is 11.8 Å².